The molecule has 1 heterocycles. The SMILES string of the molecule is CC(NCCCn1ccnc1)C(=O)NC1CC1. The highest BCUT2D eigenvalue weighted by Crippen LogP contribution is 2.18. The van der Waals surface area contributed by atoms with Crippen molar-refractivity contribution in [3.05, 3.63) is 18.7 Å². The Bertz CT molecular complexity index is 345. The van der Waals surface area contributed by atoms with E-state index in [1.807, 2.05) is 24.0 Å². The van der Waals surface area contributed by atoms with Crippen molar-refractivity contribution < 1.29 is 4.79 Å². The normalized spacial score (nSPS) is 16.8. The molecule has 1 aliphatic carbocycles. The molecule has 1 aromatic rings. The Kier molecular flexibility index (Phi) is 4.14. The third-order valence-corrected chi connectivity index (χ3v) is 2.92. The van der Waals surface area contributed by atoms with E-state index in [-0.39, 0.29) is 11.9 Å². The molecule has 17 heavy (non-hydrogen) atoms. The van der Waals surface area contributed by atoms with Crippen molar-refractivity contribution in [1.82, 2.24) is 20.2 Å². The molecule has 1 amide bonds. The smallest absolute Gasteiger partial charge is 0.237 e. The van der Waals surface area contributed by atoms with Crippen LogP contribution in [0.15, 0.2) is 18.7 Å². The largest absolute Gasteiger partial charge is 0.352 e. The number of carbonyl (C=O) groups is 1. The predicted molar refractivity (Wildman–Crippen MR) is 65.5 cm³/mol. The molecule has 0 radical (unpaired) electrons. The Labute approximate surface area is 102 Å². The zero-order valence-electron chi connectivity index (χ0n) is 10.2. The van der Waals surface area contributed by atoms with E-state index in [9.17, 15) is 4.79 Å². The highest BCUT2D eigenvalue weighted by Gasteiger charge is 2.25. The lowest BCUT2D eigenvalue weighted by Gasteiger charge is -2.13. The lowest BCUT2D eigenvalue weighted by molar-refractivity contribution is -0.122. The van der Waals surface area contributed by atoms with Gasteiger partial charge in [-0.25, -0.2) is 4.98 Å². The topological polar surface area (TPSA) is 59.0 Å². The zero-order valence-corrected chi connectivity index (χ0v) is 10.2. The summed E-state index contributed by atoms with van der Waals surface area (Å²) in [6, 6.07) is 0.344. The van der Waals surface area contributed by atoms with Gasteiger partial charge in [0.2, 0.25) is 5.91 Å². The molecule has 0 spiro atoms. The van der Waals surface area contributed by atoms with Crippen molar-refractivity contribution in [3.63, 3.8) is 0 Å². The van der Waals surface area contributed by atoms with Crippen LogP contribution in [0.2, 0.25) is 0 Å². The summed E-state index contributed by atoms with van der Waals surface area (Å²) in [7, 11) is 0. The molecule has 5 nitrogen and oxygen atoms in total. The second kappa shape index (κ2) is 5.82. The number of nitrogens with zero attached hydrogens (tertiary/aromatic N) is 2. The van der Waals surface area contributed by atoms with E-state index in [4.69, 9.17) is 0 Å². The van der Waals surface area contributed by atoms with Gasteiger partial charge in [0.25, 0.3) is 0 Å². The maximum absolute atomic E-state index is 11.6. The third kappa shape index (κ3) is 4.19. The van der Waals surface area contributed by atoms with E-state index < -0.39 is 0 Å². The van der Waals surface area contributed by atoms with Gasteiger partial charge in [-0.15, -0.1) is 0 Å². The number of imidazole rings is 1. The van der Waals surface area contributed by atoms with E-state index in [1.165, 1.54) is 0 Å². The van der Waals surface area contributed by atoms with Crippen molar-refractivity contribution in [2.45, 2.75) is 44.8 Å². The highest BCUT2D eigenvalue weighted by molar-refractivity contribution is 5.81. The van der Waals surface area contributed by atoms with Gasteiger partial charge in [0.1, 0.15) is 0 Å². The minimum atomic E-state index is -0.0987. The fourth-order valence-electron chi connectivity index (χ4n) is 1.65. The highest BCUT2D eigenvalue weighted by atomic mass is 16.2. The van der Waals surface area contributed by atoms with Gasteiger partial charge in [0.15, 0.2) is 0 Å². The van der Waals surface area contributed by atoms with E-state index in [0.29, 0.717) is 6.04 Å². The van der Waals surface area contributed by atoms with Crippen LogP contribution >= 0.6 is 0 Å². The minimum absolute atomic E-state index is 0.0987. The molecule has 1 atom stereocenters. The lowest BCUT2D eigenvalue weighted by Crippen LogP contribution is -2.43. The number of amides is 1. The van der Waals surface area contributed by atoms with Gasteiger partial charge in [-0.05, 0) is 32.7 Å². The minimum Gasteiger partial charge on any atom is -0.352 e. The van der Waals surface area contributed by atoms with E-state index >= 15 is 0 Å². The van der Waals surface area contributed by atoms with Crippen LogP contribution in [0, 0.1) is 0 Å². The summed E-state index contributed by atoms with van der Waals surface area (Å²) in [4.78, 5) is 15.6. The molecule has 94 valence electrons. The molecule has 0 bridgehead atoms. The van der Waals surface area contributed by atoms with E-state index in [0.717, 1.165) is 32.4 Å². The average Bonchev–Trinajstić information content (AvgIpc) is 2.97. The number of rotatable bonds is 7. The molecule has 2 N–H and O–H groups in total. The molecule has 0 saturated heterocycles. The Balaban J connectivity index is 1.55. The van der Waals surface area contributed by atoms with Gasteiger partial charge in [-0.1, -0.05) is 0 Å². The molecule has 1 aliphatic rings. The molecule has 2 rings (SSSR count). The summed E-state index contributed by atoms with van der Waals surface area (Å²) < 4.78 is 2.04. The van der Waals surface area contributed by atoms with Crippen LogP contribution in [0.5, 0.6) is 0 Å². The van der Waals surface area contributed by atoms with Crippen LogP contribution in [-0.2, 0) is 11.3 Å². The monoisotopic (exact) mass is 236 g/mol. The first-order chi connectivity index (χ1) is 8.25. The van der Waals surface area contributed by atoms with Gasteiger partial charge >= 0.3 is 0 Å². The molecule has 0 aromatic carbocycles. The maximum atomic E-state index is 11.6. The van der Waals surface area contributed by atoms with E-state index in [1.54, 1.807) is 6.20 Å². The van der Waals surface area contributed by atoms with Gasteiger partial charge in [-0.3, -0.25) is 4.79 Å². The summed E-state index contributed by atoms with van der Waals surface area (Å²) in [5.74, 6) is 0.120. The fraction of sp³-hybridized carbons (Fsp3) is 0.667. The van der Waals surface area contributed by atoms with Gasteiger partial charge in [-0.2, -0.15) is 0 Å². The lowest BCUT2D eigenvalue weighted by atomic mass is 10.3. The Hall–Kier alpha value is -1.36. The van der Waals surface area contributed by atoms with Crippen LogP contribution in [0.4, 0.5) is 0 Å². The van der Waals surface area contributed by atoms with Crippen LogP contribution in [0.25, 0.3) is 0 Å². The molecule has 5 heteroatoms. The second-order valence-corrected chi connectivity index (χ2v) is 4.61. The molecule has 1 aromatic heterocycles. The Morgan fingerprint density at radius 1 is 1.59 bits per heavy atom. The maximum Gasteiger partial charge on any atom is 0.237 e. The van der Waals surface area contributed by atoms with Crippen molar-refractivity contribution in [2.24, 2.45) is 0 Å². The van der Waals surface area contributed by atoms with Crippen LogP contribution < -0.4 is 10.6 Å². The van der Waals surface area contributed by atoms with Gasteiger partial charge < -0.3 is 15.2 Å². The summed E-state index contributed by atoms with van der Waals surface area (Å²) in [6.45, 7) is 3.69. The summed E-state index contributed by atoms with van der Waals surface area (Å²) >= 11 is 0. The number of carbonyl (C=O) groups excluding carboxylic acids is 1. The number of aryl methyl sites for hydroxylation is 1. The molecule has 1 unspecified atom stereocenters. The zero-order chi connectivity index (χ0) is 12.1. The van der Waals surface area contributed by atoms with Crippen molar-refractivity contribution in [2.75, 3.05) is 6.54 Å². The van der Waals surface area contributed by atoms with Crippen molar-refractivity contribution >= 4 is 5.91 Å². The first-order valence-corrected chi connectivity index (χ1v) is 6.25. The second-order valence-electron chi connectivity index (χ2n) is 4.61. The van der Waals surface area contributed by atoms with Crippen molar-refractivity contribution in [1.29, 1.82) is 0 Å². The molecular weight excluding hydrogens is 216 g/mol. The number of hydrogen-bond acceptors (Lipinski definition) is 3. The van der Waals surface area contributed by atoms with Crippen LogP contribution in [-0.4, -0.2) is 34.1 Å². The van der Waals surface area contributed by atoms with E-state index in [2.05, 4.69) is 15.6 Å². The number of hydrogen-bond donors (Lipinski definition) is 2. The fourth-order valence-corrected chi connectivity index (χ4v) is 1.65. The molecule has 1 saturated carbocycles. The van der Waals surface area contributed by atoms with Crippen LogP contribution in [0.3, 0.4) is 0 Å². The molecule has 0 aliphatic heterocycles. The molecular formula is C12H20N4O. The number of nitrogens with one attached hydrogen (secondary N) is 2. The molecule has 1 fully saturated rings. The first-order valence-electron chi connectivity index (χ1n) is 6.25. The van der Waals surface area contributed by atoms with Crippen molar-refractivity contribution in [3.8, 4) is 0 Å². The summed E-state index contributed by atoms with van der Waals surface area (Å²) in [6.07, 6.45) is 8.81. The predicted octanol–water partition coefficient (Wildman–Crippen LogP) is 0.530. The Morgan fingerprint density at radius 3 is 3.06 bits per heavy atom. The quantitative estimate of drug-likeness (QED) is 0.679. The van der Waals surface area contributed by atoms with Crippen LogP contribution in [0.1, 0.15) is 26.2 Å². The number of aromatic nitrogens is 2. The summed E-state index contributed by atoms with van der Waals surface area (Å²) in [5, 5.41) is 6.22. The van der Waals surface area contributed by atoms with Gasteiger partial charge in [0.05, 0.1) is 12.4 Å². The summed E-state index contributed by atoms with van der Waals surface area (Å²) in [5.41, 5.74) is 0. The van der Waals surface area contributed by atoms with Gasteiger partial charge in [0, 0.05) is 25.0 Å². The standard InChI is InChI=1S/C12H20N4O/c1-10(12(17)15-11-3-4-11)14-5-2-7-16-8-6-13-9-16/h6,8-11,14H,2-5,7H2,1H3,(H,15,17). The third-order valence-electron chi connectivity index (χ3n) is 2.92. The first kappa shape index (κ1) is 12.1. The average molecular weight is 236 g/mol. The Morgan fingerprint density at radius 2 is 2.41 bits per heavy atom.